The molecule has 2 aromatic heterocycles. The van der Waals surface area contributed by atoms with Gasteiger partial charge < -0.3 is 10.6 Å². The minimum Gasteiger partial charge on any atom is -0.330 e. The molecule has 0 aliphatic carbocycles. The van der Waals surface area contributed by atoms with Gasteiger partial charge in [-0.1, -0.05) is 29.8 Å². The zero-order valence-corrected chi connectivity index (χ0v) is 16.6. The first kappa shape index (κ1) is 18.1. The Kier molecular flexibility index (Phi) is 5.08. The Bertz CT molecular complexity index is 953. The van der Waals surface area contributed by atoms with Gasteiger partial charge >= 0.3 is 0 Å². The van der Waals surface area contributed by atoms with Crippen LogP contribution in [0.15, 0.2) is 30.5 Å². The minimum atomic E-state index is 0.530. The quantitative estimate of drug-likeness (QED) is 0.688. The average Bonchev–Trinajstić information content (AvgIpc) is 3.03. The van der Waals surface area contributed by atoms with Crippen molar-refractivity contribution in [3.05, 3.63) is 58.7 Å². The number of hydrogen-bond donors (Lipinski definition) is 2. The third-order valence-corrected chi connectivity index (χ3v) is 4.72. The highest BCUT2D eigenvalue weighted by molar-refractivity contribution is 7.80. The number of nitrogens with one attached hydrogen (secondary N) is 2. The van der Waals surface area contributed by atoms with Crippen LogP contribution in [0.1, 0.15) is 28.2 Å². The Morgan fingerprint density at radius 2 is 1.88 bits per heavy atom. The topological polar surface area (TPSA) is 59.7 Å². The Morgan fingerprint density at radius 3 is 2.54 bits per heavy atom. The van der Waals surface area contributed by atoms with Crippen molar-refractivity contribution in [3.8, 4) is 0 Å². The lowest BCUT2D eigenvalue weighted by atomic mass is 10.1. The molecule has 136 valence electrons. The molecule has 0 spiro atoms. The molecule has 3 aromatic rings. The second-order valence-electron chi connectivity index (χ2n) is 6.54. The lowest BCUT2D eigenvalue weighted by Crippen LogP contribution is -2.20. The van der Waals surface area contributed by atoms with E-state index < -0.39 is 0 Å². The fraction of sp³-hybridized carbons (Fsp3) is 0.316. The Hall–Kier alpha value is -2.67. The van der Waals surface area contributed by atoms with Gasteiger partial charge in [0, 0.05) is 7.05 Å². The summed E-state index contributed by atoms with van der Waals surface area (Å²) in [5, 5.41) is 15.9. The van der Waals surface area contributed by atoms with Crippen LogP contribution in [0.2, 0.25) is 0 Å². The lowest BCUT2D eigenvalue weighted by Gasteiger charge is -2.11. The lowest BCUT2D eigenvalue weighted by molar-refractivity contribution is 0.659. The molecule has 0 fully saturated rings. The molecular formula is C19H24N6S. The Morgan fingerprint density at radius 1 is 1.12 bits per heavy atom. The molecule has 7 heteroatoms. The number of nitrogens with zero attached hydrogens (tertiary/aromatic N) is 4. The summed E-state index contributed by atoms with van der Waals surface area (Å²) in [4.78, 5) is 0. The van der Waals surface area contributed by atoms with Crippen LogP contribution in [0, 0.1) is 27.7 Å². The molecule has 1 aromatic carbocycles. The van der Waals surface area contributed by atoms with Gasteiger partial charge in [0.2, 0.25) is 0 Å². The van der Waals surface area contributed by atoms with E-state index in [1.54, 1.807) is 10.9 Å². The van der Waals surface area contributed by atoms with Gasteiger partial charge in [-0.25, -0.2) is 0 Å². The van der Waals surface area contributed by atoms with E-state index in [1.807, 2.05) is 25.6 Å². The summed E-state index contributed by atoms with van der Waals surface area (Å²) in [6.45, 7) is 8.87. The van der Waals surface area contributed by atoms with Crippen LogP contribution in [0.5, 0.6) is 0 Å². The summed E-state index contributed by atoms with van der Waals surface area (Å²) in [5.74, 6) is 0. The molecule has 0 bridgehead atoms. The molecule has 0 amide bonds. The number of thiocarbonyl (C=S) groups is 1. The summed E-state index contributed by atoms with van der Waals surface area (Å²) in [7, 11) is 1.90. The second-order valence-corrected chi connectivity index (χ2v) is 6.95. The number of rotatable bonds is 4. The normalized spacial score (nSPS) is 10.8. The van der Waals surface area contributed by atoms with Crippen molar-refractivity contribution < 1.29 is 0 Å². The van der Waals surface area contributed by atoms with Gasteiger partial charge in [0.05, 0.1) is 41.2 Å². The molecule has 0 aliphatic rings. The smallest absolute Gasteiger partial charge is 0.175 e. The largest absolute Gasteiger partial charge is 0.330 e. The number of aryl methyl sites for hydroxylation is 3. The van der Waals surface area contributed by atoms with Gasteiger partial charge in [0.25, 0.3) is 0 Å². The SMILES string of the molecule is Cc1cccc(Cn2nc(C)c(NC(=S)Nc3cnn(C)c3C)c2C)c1. The first-order valence-electron chi connectivity index (χ1n) is 8.51. The Labute approximate surface area is 159 Å². The van der Waals surface area contributed by atoms with Gasteiger partial charge in [-0.3, -0.25) is 9.36 Å². The van der Waals surface area contributed by atoms with E-state index >= 15 is 0 Å². The Balaban J connectivity index is 1.75. The van der Waals surface area contributed by atoms with Gasteiger partial charge in [0.15, 0.2) is 5.11 Å². The standard InChI is InChI=1S/C19H24N6S/c1-12-7-6-8-16(9-12)11-25-15(4)18(13(2)23-25)22-19(26)21-17-10-20-24(5)14(17)3/h6-10H,11H2,1-5H3,(H2,21,22,26). The second kappa shape index (κ2) is 7.29. The van der Waals surface area contributed by atoms with Gasteiger partial charge in [-0.2, -0.15) is 10.2 Å². The fourth-order valence-corrected chi connectivity index (χ4v) is 3.12. The number of anilines is 2. The van der Waals surface area contributed by atoms with Crippen LogP contribution >= 0.6 is 12.2 Å². The number of hydrogen-bond acceptors (Lipinski definition) is 3. The molecule has 3 rings (SSSR count). The first-order chi connectivity index (χ1) is 12.3. The maximum Gasteiger partial charge on any atom is 0.175 e. The summed E-state index contributed by atoms with van der Waals surface area (Å²) >= 11 is 5.47. The molecule has 6 nitrogen and oxygen atoms in total. The van der Waals surface area contributed by atoms with Crippen LogP contribution in [0.4, 0.5) is 11.4 Å². The predicted octanol–water partition coefficient (Wildman–Crippen LogP) is 3.71. The highest BCUT2D eigenvalue weighted by Gasteiger charge is 2.14. The zero-order valence-electron chi connectivity index (χ0n) is 15.8. The van der Waals surface area contributed by atoms with Crippen LogP contribution in [0.3, 0.4) is 0 Å². The van der Waals surface area contributed by atoms with E-state index in [9.17, 15) is 0 Å². The van der Waals surface area contributed by atoms with Crippen LogP contribution in [-0.4, -0.2) is 24.7 Å². The summed E-state index contributed by atoms with van der Waals surface area (Å²) in [5.41, 5.74) is 7.31. The molecule has 0 saturated heterocycles. The van der Waals surface area contributed by atoms with Crippen molar-refractivity contribution >= 4 is 28.7 Å². The molecule has 0 atom stereocenters. The van der Waals surface area contributed by atoms with E-state index in [1.165, 1.54) is 11.1 Å². The van der Waals surface area contributed by atoms with Crippen molar-refractivity contribution in [3.63, 3.8) is 0 Å². The van der Waals surface area contributed by atoms with E-state index in [2.05, 4.69) is 58.9 Å². The highest BCUT2D eigenvalue weighted by Crippen LogP contribution is 2.21. The van der Waals surface area contributed by atoms with E-state index in [-0.39, 0.29) is 0 Å². The predicted molar refractivity (Wildman–Crippen MR) is 110 cm³/mol. The zero-order chi connectivity index (χ0) is 18.8. The maximum atomic E-state index is 5.47. The molecule has 2 heterocycles. The van der Waals surface area contributed by atoms with Crippen LogP contribution in [-0.2, 0) is 13.6 Å². The first-order valence-corrected chi connectivity index (χ1v) is 8.92. The molecule has 26 heavy (non-hydrogen) atoms. The van der Waals surface area contributed by atoms with Crippen molar-refractivity contribution in [2.24, 2.45) is 7.05 Å². The van der Waals surface area contributed by atoms with Crippen molar-refractivity contribution in [2.75, 3.05) is 10.6 Å². The summed E-state index contributed by atoms with van der Waals surface area (Å²) in [6.07, 6.45) is 1.77. The fourth-order valence-electron chi connectivity index (χ4n) is 2.90. The summed E-state index contributed by atoms with van der Waals surface area (Å²) < 4.78 is 3.81. The van der Waals surface area contributed by atoms with E-state index in [0.29, 0.717) is 5.11 Å². The monoisotopic (exact) mass is 368 g/mol. The van der Waals surface area contributed by atoms with Crippen molar-refractivity contribution in [1.29, 1.82) is 0 Å². The van der Waals surface area contributed by atoms with E-state index in [4.69, 9.17) is 12.2 Å². The molecule has 0 aliphatic heterocycles. The van der Waals surface area contributed by atoms with Gasteiger partial charge in [0.1, 0.15) is 0 Å². The van der Waals surface area contributed by atoms with E-state index in [0.717, 1.165) is 35.0 Å². The maximum absolute atomic E-state index is 5.47. The van der Waals surface area contributed by atoms with Gasteiger partial charge in [-0.15, -0.1) is 0 Å². The highest BCUT2D eigenvalue weighted by atomic mass is 32.1. The number of aromatic nitrogens is 4. The van der Waals surface area contributed by atoms with Crippen molar-refractivity contribution in [1.82, 2.24) is 19.6 Å². The van der Waals surface area contributed by atoms with Crippen molar-refractivity contribution in [2.45, 2.75) is 34.2 Å². The molecule has 2 N–H and O–H groups in total. The average molecular weight is 369 g/mol. The third kappa shape index (κ3) is 3.77. The van der Waals surface area contributed by atoms with Gasteiger partial charge in [-0.05, 0) is 45.5 Å². The minimum absolute atomic E-state index is 0.530. The molecular weight excluding hydrogens is 344 g/mol. The van der Waals surface area contributed by atoms with Crippen LogP contribution < -0.4 is 10.6 Å². The molecule has 0 radical (unpaired) electrons. The molecule has 0 saturated carbocycles. The van der Waals surface area contributed by atoms with Crippen LogP contribution in [0.25, 0.3) is 0 Å². The molecule has 0 unspecified atom stereocenters. The summed E-state index contributed by atoms with van der Waals surface area (Å²) in [6, 6.07) is 8.47. The third-order valence-electron chi connectivity index (χ3n) is 4.52. The number of benzene rings is 1.